The number of hydrogen-bond acceptors (Lipinski definition) is 6. The molecule has 0 saturated heterocycles. The van der Waals surface area contributed by atoms with Gasteiger partial charge in [-0.2, -0.15) is 0 Å². The first-order valence-electron chi connectivity index (χ1n) is 9.05. The third kappa shape index (κ3) is 3.09. The molecule has 1 N–H and O–H groups in total. The van der Waals surface area contributed by atoms with Crippen LogP contribution in [0.25, 0.3) is 22.0 Å². The van der Waals surface area contributed by atoms with E-state index in [9.17, 15) is 9.90 Å². The molecule has 0 fully saturated rings. The van der Waals surface area contributed by atoms with Gasteiger partial charge >= 0.3 is 0 Å². The molecule has 1 aliphatic heterocycles. The molecule has 3 aromatic rings. The van der Waals surface area contributed by atoms with Gasteiger partial charge in [0.15, 0.2) is 23.0 Å². The fourth-order valence-corrected chi connectivity index (χ4v) is 3.57. The lowest BCUT2D eigenvalue weighted by molar-refractivity contribution is 0.174. The molecule has 0 radical (unpaired) electrons. The normalized spacial score (nSPS) is 12.2. The molecule has 0 amide bonds. The molecule has 7 nitrogen and oxygen atoms in total. The van der Waals surface area contributed by atoms with Crippen LogP contribution in [0.4, 0.5) is 0 Å². The first kappa shape index (κ1) is 18.9. The molecule has 150 valence electrons. The molecule has 29 heavy (non-hydrogen) atoms. The quantitative estimate of drug-likeness (QED) is 0.646. The molecule has 0 atom stereocenters. The van der Waals surface area contributed by atoms with Crippen LogP contribution in [-0.4, -0.2) is 30.7 Å². The van der Waals surface area contributed by atoms with E-state index in [1.807, 2.05) is 6.07 Å². The predicted octanol–water partition coefficient (Wildman–Crippen LogP) is 3.09. The van der Waals surface area contributed by atoms with Crippen LogP contribution in [0.15, 0.2) is 47.8 Å². The molecule has 1 aromatic heterocycles. The van der Waals surface area contributed by atoms with Gasteiger partial charge in [0, 0.05) is 12.1 Å². The Balaban J connectivity index is 2.05. The number of allylic oxidation sites excluding steroid dienone is 1. The largest absolute Gasteiger partial charge is 0.493 e. The van der Waals surface area contributed by atoms with Gasteiger partial charge in [-0.1, -0.05) is 6.08 Å². The standard InChI is InChI=1S/C22H21NO6/c1-4-5-23-17(15-9-21-20(28-12-29-21)8-14(15)11-24)6-13-7-18(26-2)19(27-3)10-16(13)22(23)25/h4,6-10,24H,1,5,11-12H2,2-3H3. The van der Waals surface area contributed by atoms with Crippen molar-refractivity contribution in [1.82, 2.24) is 4.57 Å². The summed E-state index contributed by atoms with van der Waals surface area (Å²) >= 11 is 0. The predicted molar refractivity (Wildman–Crippen MR) is 109 cm³/mol. The Morgan fingerprint density at radius 2 is 1.79 bits per heavy atom. The van der Waals surface area contributed by atoms with Gasteiger partial charge < -0.3 is 28.6 Å². The summed E-state index contributed by atoms with van der Waals surface area (Å²) in [4.78, 5) is 13.3. The highest BCUT2D eigenvalue weighted by molar-refractivity contribution is 5.89. The number of benzene rings is 2. The van der Waals surface area contributed by atoms with E-state index in [1.54, 1.807) is 42.0 Å². The van der Waals surface area contributed by atoms with Crippen LogP contribution in [0.2, 0.25) is 0 Å². The van der Waals surface area contributed by atoms with Gasteiger partial charge in [-0.05, 0) is 41.3 Å². The fourth-order valence-electron chi connectivity index (χ4n) is 3.57. The van der Waals surface area contributed by atoms with E-state index in [0.29, 0.717) is 57.1 Å². The van der Waals surface area contributed by atoms with E-state index in [-0.39, 0.29) is 19.0 Å². The molecule has 2 aromatic carbocycles. The highest BCUT2D eigenvalue weighted by Crippen LogP contribution is 2.40. The van der Waals surface area contributed by atoms with Gasteiger partial charge in [-0.3, -0.25) is 4.79 Å². The number of rotatable bonds is 6. The van der Waals surface area contributed by atoms with Crippen LogP contribution in [0.5, 0.6) is 23.0 Å². The Labute approximate surface area is 167 Å². The smallest absolute Gasteiger partial charge is 0.259 e. The van der Waals surface area contributed by atoms with Crippen molar-refractivity contribution in [1.29, 1.82) is 0 Å². The minimum atomic E-state index is -0.210. The lowest BCUT2D eigenvalue weighted by Crippen LogP contribution is -2.22. The number of aromatic nitrogens is 1. The number of nitrogens with zero attached hydrogens (tertiary/aromatic N) is 1. The number of ether oxygens (including phenoxy) is 4. The van der Waals surface area contributed by atoms with Gasteiger partial charge in [0.1, 0.15) is 0 Å². The Morgan fingerprint density at radius 1 is 1.10 bits per heavy atom. The molecular weight excluding hydrogens is 374 g/mol. The SMILES string of the molecule is C=CCn1c(-c2cc3c(cc2CO)OCO3)cc2cc(OC)c(OC)cc2c1=O. The average molecular weight is 395 g/mol. The Hall–Kier alpha value is -3.45. The summed E-state index contributed by atoms with van der Waals surface area (Å²) in [7, 11) is 3.08. The molecule has 7 heteroatoms. The number of aliphatic hydroxyl groups excluding tert-OH is 1. The van der Waals surface area contributed by atoms with Crippen molar-refractivity contribution in [3.63, 3.8) is 0 Å². The van der Waals surface area contributed by atoms with Crippen molar-refractivity contribution in [2.75, 3.05) is 21.0 Å². The summed E-state index contributed by atoms with van der Waals surface area (Å²) in [6, 6.07) is 8.85. The topological polar surface area (TPSA) is 79.2 Å². The van der Waals surface area contributed by atoms with Crippen LogP contribution in [0, 0.1) is 0 Å². The fraction of sp³-hybridized carbons (Fsp3) is 0.227. The second-order valence-corrected chi connectivity index (χ2v) is 6.55. The van der Waals surface area contributed by atoms with Gasteiger partial charge in [0.05, 0.1) is 31.9 Å². The molecule has 0 saturated carbocycles. The first-order valence-corrected chi connectivity index (χ1v) is 9.05. The molecule has 2 heterocycles. The zero-order valence-electron chi connectivity index (χ0n) is 16.2. The number of hydrogen-bond donors (Lipinski definition) is 1. The molecule has 0 unspecified atom stereocenters. The van der Waals surface area contributed by atoms with Crippen molar-refractivity contribution in [3.05, 3.63) is 58.9 Å². The van der Waals surface area contributed by atoms with Crippen LogP contribution >= 0.6 is 0 Å². The van der Waals surface area contributed by atoms with Crippen LogP contribution in [0.1, 0.15) is 5.56 Å². The Bertz CT molecular complexity index is 1160. The van der Waals surface area contributed by atoms with Crippen molar-refractivity contribution in [2.45, 2.75) is 13.2 Å². The summed E-state index contributed by atoms with van der Waals surface area (Å²) in [5, 5.41) is 11.1. The van der Waals surface area contributed by atoms with Crippen molar-refractivity contribution < 1.29 is 24.1 Å². The van der Waals surface area contributed by atoms with E-state index in [4.69, 9.17) is 18.9 Å². The van der Waals surface area contributed by atoms with E-state index in [1.165, 1.54) is 7.11 Å². The van der Waals surface area contributed by atoms with Gasteiger partial charge in [0.2, 0.25) is 6.79 Å². The van der Waals surface area contributed by atoms with E-state index < -0.39 is 0 Å². The second-order valence-electron chi connectivity index (χ2n) is 6.55. The molecule has 0 spiro atoms. The maximum absolute atomic E-state index is 13.3. The number of fused-ring (bicyclic) bond motifs is 2. The lowest BCUT2D eigenvalue weighted by Gasteiger charge is -2.17. The second kappa shape index (κ2) is 7.52. The van der Waals surface area contributed by atoms with Gasteiger partial charge in [-0.15, -0.1) is 6.58 Å². The number of aliphatic hydroxyl groups is 1. The van der Waals surface area contributed by atoms with Crippen molar-refractivity contribution >= 4 is 10.8 Å². The van der Waals surface area contributed by atoms with Crippen LogP contribution in [0.3, 0.4) is 0 Å². The third-order valence-electron chi connectivity index (χ3n) is 4.97. The highest BCUT2D eigenvalue weighted by Gasteiger charge is 2.21. The van der Waals surface area contributed by atoms with Crippen LogP contribution in [-0.2, 0) is 13.2 Å². The minimum Gasteiger partial charge on any atom is -0.493 e. The van der Waals surface area contributed by atoms with Gasteiger partial charge in [-0.25, -0.2) is 0 Å². The zero-order valence-corrected chi connectivity index (χ0v) is 16.2. The minimum absolute atomic E-state index is 0.123. The Morgan fingerprint density at radius 3 is 2.45 bits per heavy atom. The summed E-state index contributed by atoms with van der Waals surface area (Å²) in [5.41, 5.74) is 1.76. The molecule has 1 aliphatic rings. The number of pyridine rings is 1. The van der Waals surface area contributed by atoms with Crippen LogP contribution < -0.4 is 24.5 Å². The maximum atomic E-state index is 13.3. The molecular formula is C22H21NO6. The molecule has 0 aliphatic carbocycles. The monoisotopic (exact) mass is 395 g/mol. The zero-order chi connectivity index (χ0) is 20.5. The first-order chi connectivity index (χ1) is 14.1. The Kier molecular flexibility index (Phi) is 4.90. The molecule has 4 rings (SSSR count). The summed E-state index contributed by atoms with van der Waals surface area (Å²) < 4.78 is 23.2. The summed E-state index contributed by atoms with van der Waals surface area (Å²) in [6.07, 6.45) is 1.66. The average Bonchev–Trinajstić information content (AvgIpc) is 3.21. The van der Waals surface area contributed by atoms with Crippen molar-refractivity contribution in [3.8, 4) is 34.3 Å². The van der Waals surface area contributed by atoms with E-state index in [2.05, 4.69) is 6.58 Å². The summed E-state index contributed by atoms with van der Waals surface area (Å²) in [5.74, 6) is 2.15. The number of methoxy groups -OCH3 is 2. The van der Waals surface area contributed by atoms with Gasteiger partial charge in [0.25, 0.3) is 5.56 Å². The maximum Gasteiger partial charge on any atom is 0.259 e. The third-order valence-corrected chi connectivity index (χ3v) is 4.97. The highest BCUT2D eigenvalue weighted by atomic mass is 16.7. The molecule has 0 bridgehead atoms. The summed E-state index contributed by atoms with van der Waals surface area (Å²) in [6.45, 7) is 3.99. The lowest BCUT2D eigenvalue weighted by atomic mass is 10.0. The van der Waals surface area contributed by atoms with Crippen molar-refractivity contribution in [2.24, 2.45) is 0 Å². The van der Waals surface area contributed by atoms with E-state index in [0.717, 1.165) is 0 Å². The van der Waals surface area contributed by atoms with E-state index >= 15 is 0 Å².